The molecule has 1 rings (SSSR count). The highest BCUT2D eigenvalue weighted by Crippen LogP contribution is 2.27. The monoisotopic (exact) mass is 208 g/mol. The molecule has 2 atom stereocenters. The molecular weight excluding hydrogens is 190 g/mol. The van der Waals surface area contributed by atoms with Crippen molar-refractivity contribution < 1.29 is 13.9 Å². The van der Waals surface area contributed by atoms with Crippen LogP contribution in [0.15, 0.2) is 0 Å². The normalized spacial score (nSPS) is 27.2. The molecule has 2 unspecified atom stereocenters. The van der Waals surface area contributed by atoms with Crippen LogP contribution in [0.2, 0.25) is 0 Å². The molecule has 5 heteroatoms. The van der Waals surface area contributed by atoms with E-state index in [1.165, 1.54) is 0 Å². The second kappa shape index (κ2) is 4.51. The predicted molar refractivity (Wildman–Crippen MR) is 50.3 cm³/mol. The molecule has 3 nitrogen and oxygen atoms in total. The quantitative estimate of drug-likeness (QED) is 0.707. The first-order valence-electron chi connectivity index (χ1n) is 4.96. The molecule has 0 aromatic rings. The number of aliphatic hydroxyl groups is 1. The van der Waals surface area contributed by atoms with Crippen LogP contribution in [0.1, 0.15) is 19.8 Å². The lowest BCUT2D eigenvalue weighted by Gasteiger charge is -2.38. The van der Waals surface area contributed by atoms with Crippen molar-refractivity contribution in [3.8, 4) is 0 Å². The van der Waals surface area contributed by atoms with Crippen LogP contribution in [0.5, 0.6) is 0 Å². The standard InChI is InChI=1S/C9H18F2N2O/c1-7(8(14)5-12)13-4-2-3-9(10,11)6-13/h7-8,14H,2-6,12H2,1H3. The minimum atomic E-state index is -2.61. The van der Waals surface area contributed by atoms with Crippen LogP contribution in [-0.2, 0) is 0 Å². The van der Waals surface area contributed by atoms with Gasteiger partial charge in [-0.15, -0.1) is 0 Å². The molecule has 1 fully saturated rings. The summed E-state index contributed by atoms with van der Waals surface area (Å²) in [6.07, 6.45) is -0.285. The summed E-state index contributed by atoms with van der Waals surface area (Å²) in [5, 5.41) is 9.44. The topological polar surface area (TPSA) is 49.5 Å². The number of alkyl halides is 2. The Kier molecular flexibility index (Phi) is 3.80. The summed E-state index contributed by atoms with van der Waals surface area (Å²) in [6.45, 7) is 2.21. The van der Waals surface area contributed by atoms with E-state index in [4.69, 9.17) is 5.73 Å². The van der Waals surface area contributed by atoms with E-state index in [9.17, 15) is 13.9 Å². The third-order valence-corrected chi connectivity index (χ3v) is 2.80. The molecule has 14 heavy (non-hydrogen) atoms. The van der Waals surface area contributed by atoms with E-state index in [1.807, 2.05) is 0 Å². The van der Waals surface area contributed by atoms with Crippen LogP contribution >= 0.6 is 0 Å². The number of hydrogen-bond donors (Lipinski definition) is 2. The Balaban J connectivity index is 2.51. The molecule has 84 valence electrons. The van der Waals surface area contributed by atoms with Gasteiger partial charge in [0.05, 0.1) is 12.6 Å². The number of halogens is 2. The number of likely N-dealkylation sites (tertiary alicyclic amines) is 1. The highest BCUT2D eigenvalue weighted by Gasteiger charge is 2.37. The first-order valence-corrected chi connectivity index (χ1v) is 4.96. The van der Waals surface area contributed by atoms with Gasteiger partial charge in [0.1, 0.15) is 0 Å². The molecule has 1 aliphatic heterocycles. The highest BCUT2D eigenvalue weighted by atomic mass is 19.3. The second-order valence-electron chi connectivity index (χ2n) is 3.97. The van der Waals surface area contributed by atoms with Gasteiger partial charge in [0.2, 0.25) is 0 Å². The molecule has 0 aromatic heterocycles. The lowest BCUT2D eigenvalue weighted by atomic mass is 10.0. The molecule has 0 spiro atoms. The lowest BCUT2D eigenvalue weighted by molar-refractivity contribution is -0.0856. The minimum Gasteiger partial charge on any atom is -0.390 e. The second-order valence-corrected chi connectivity index (χ2v) is 3.97. The van der Waals surface area contributed by atoms with Gasteiger partial charge in [0.15, 0.2) is 0 Å². The largest absolute Gasteiger partial charge is 0.390 e. The van der Waals surface area contributed by atoms with Crippen molar-refractivity contribution in [2.45, 2.75) is 37.8 Å². The molecule has 0 aromatic carbocycles. The highest BCUT2D eigenvalue weighted by molar-refractivity contribution is 4.84. The summed E-state index contributed by atoms with van der Waals surface area (Å²) in [5.74, 6) is -2.61. The van der Waals surface area contributed by atoms with E-state index in [-0.39, 0.29) is 25.6 Å². The van der Waals surface area contributed by atoms with Gasteiger partial charge in [-0.3, -0.25) is 4.90 Å². The summed E-state index contributed by atoms with van der Waals surface area (Å²) >= 11 is 0. The smallest absolute Gasteiger partial charge is 0.260 e. The van der Waals surface area contributed by atoms with Gasteiger partial charge in [-0.25, -0.2) is 8.78 Å². The average molecular weight is 208 g/mol. The van der Waals surface area contributed by atoms with Crippen LogP contribution < -0.4 is 5.73 Å². The number of rotatable bonds is 3. The van der Waals surface area contributed by atoms with E-state index in [1.54, 1.807) is 11.8 Å². The third kappa shape index (κ3) is 2.87. The van der Waals surface area contributed by atoms with Crippen LogP contribution in [0, 0.1) is 0 Å². The molecule has 0 saturated carbocycles. The maximum absolute atomic E-state index is 13.0. The molecule has 1 aliphatic rings. The SMILES string of the molecule is CC(C(O)CN)N1CCCC(F)(F)C1. The number of piperidine rings is 1. The van der Waals surface area contributed by atoms with E-state index in [2.05, 4.69) is 0 Å². The molecule has 0 aliphatic carbocycles. The van der Waals surface area contributed by atoms with Crippen molar-refractivity contribution in [3.05, 3.63) is 0 Å². The maximum atomic E-state index is 13.0. The predicted octanol–water partition coefficient (Wildman–Crippen LogP) is 0.426. The van der Waals surface area contributed by atoms with E-state index in [0.29, 0.717) is 13.0 Å². The van der Waals surface area contributed by atoms with Crippen molar-refractivity contribution in [1.29, 1.82) is 0 Å². The Morgan fingerprint density at radius 1 is 1.57 bits per heavy atom. The molecule has 1 saturated heterocycles. The van der Waals surface area contributed by atoms with Crippen molar-refractivity contribution in [3.63, 3.8) is 0 Å². The Hall–Kier alpha value is -0.260. The fraction of sp³-hybridized carbons (Fsp3) is 1.00. The van der Waals surface area contributed by atoms with Crippen LogP contribution in [0.4, 0.5) is 8.78 Å². The summed E-state index contributed by atoms with van der Waals surface area (Å²) in [6, 6.07) is -0.286. The van der Waals surface area contributed by atoms with E-state index < -0.39 is 12.0 Å². The minimum absolute atomic E-state index is 0.0467. The Bertz CT molecular complexity index is 190. The van der Waals surface area contributed by atoms with Crippen molar-refractivity contribution in [1.82, 2.24) is 4.90 Å². The lowest BCUT2D eigenvalue weighted by Crippen LogP contribution is -2.52. The van der Waals surface area contributed by atoms with Crippen molar-refractivity contribution in [2.24, 2.45) is 5.73 Å². The average Bonchev–Trinajstić information content (AvgIpc) is 2.14. The molecule has 1 heterocycles. The zero-order valence-electron chi connectivity index (χ0n) is 8.42. The first-order chi connectivity index (χ1) is 6.46. The fourth-order valence-electron chi connectivity index (χ4n) is 1.78. The van der Waals surface area contributed by atoms with Gasteiger partial charge in [-0.1, -0.05) is 0 Å². The summed E-state index contributed by atoms with van der Waals surface area (Å²) in [7, 11) is 0. The molecule has 0 amide bonds. The number of aliphatic hydroxyl groups excluding tert-OH is 1. The molecular formula is C9H18F2N2O. The summed E-state index contributed by atoms with van der Waals surface area (Å²) < 4.78 is 26.1. The van der Waals surface area contributed by atoms with Crippen LogP contribution in [0.3, 0.4) is 0 Å². The number of nitrogens with zero attached hydrogens (tertiary/aromatic N) is 1. The number of hydrogen-bond acceptors (Lipinski definition) is 3. The molecule has 0 bridgehead atoms. The van der Waals surface area contributed by atoms with Crippen molar-refractivity contribution >= 4 is 0 Å². The Labute approximate surface area is 82.9 Å². The third-order valence-electron chi connectivity index (χ3n) is 2.80. The number of nitrogens with two attached hydrogens (primary N) is 1. The zero-order valence-corrected chi connectivity index (χ0v) is 8.42. The van der Waals surface area contributed by atoms with Gasteiger partial charge < -0.3 is 10.8 Å². The van der Waals surface area contributed by atoms with Gasteiger partial charge in [0.25, 0.3) is 5.92 Å². The Morgan fingerprint density at radius 3 is 2.71 bits per heavy atom. The van der Waals surface area contributed by atoms with Gasteiger partial charge >= 0.3 is 0 Å². The summed E-state index contributed by atoms with van der Waals surface area (Å²) in [4.78, 5) is 1.61. The summed E-state index contributed by atoms with van der Waals surface area (Å²) in [5.41, 5.74) is 5.28. The maximum Gasteiger partial charge on any atom is 0.260 e. The van der Waals surface area contributed by atoms with Gasteiger partial charge in [-0.05, 0) is 19.9 Å². The fourth-order valence-corrected chi connectivity index (χ4v) is 1.78. The van der Waals surface area contributed by atoms with Crippen LogP contribution in [-0.4, -0.2) is 47.7 Å². The van der Waals surface area contributed by atoms with Gasteiger partial charge in [0, 0.05) is 19.0 Å². The van der Waals surface area contributed by atoms with Crippen molar-refractivity contribution in [2.75, 3.05) is 19.6 Å². The molecule has 0 radical (unpaired) electrons. The van der Waals surface area contributed by atoms with E-state index >= 15 is 0 Å². The van der Waals surface area contributed by atoms with E-state index in [0.717, 1.165) is 0 Å². The van der Waals surface area contributed by atoms with Crippen LogP contribution in [0.25, 0.3) is 0 Å². The first kappa shape index (κ1) is 11.8. The Morgan fingerprint density at radius 2 is 2.21 bits per heavy atom. The zero-order chi connectivity index (χ0) is 10.8. The van der Waals surface area contributed by atoms with Gasteiger partial charge in [-0.2, -0.15) is 0 Å². The molecule has 3 N–H and O–H groups in total.